The average Bonchev–Trinajstić information content (AvgIpc) is 3.07. The fraction of sp³-hybridized carbons (Fsp3) is 0.167. The van der Waals surface area contributed by atoms with E-state index in [1.165, 1.54) is 13.2 Å². The second-order valence-electron chi connectivity index (χ2n) is 4.69. The van der Waals surface area contributed by atoms with Gasteiger partial charge in [0.1, 0.15) is 6.17 Å². The summed E-state index contributed by atoms with van der Waals surface area (Å²) in [7, 11) is -2.45. The van der Waals surface area contributed by atoms with Crippen molar-refractivity contribution in [3.63, 3.8) is 0 Å². The molecule has 1 saturated heterocycles. The Morgan fingerprint density at radius 1 is 1.17 bits per heavy atom. The summed E-state index contributed by atoms with van der Waals surface area (Å²) in [4.78, 5) is 8.10. The summed E-state index contributed by atoms with van der Waals surface area (Å²) in [6, 6.07) is 5.04. The molecule has 1 fully saturated rings. The molecule has 2 aromatic rings. The topological polar surface area (TPSA) is 143 Å². The van der Waals surface area contributed by atoms with Gasteiger partial charge in [-0.2, -0.15) is 11.1 Å². The maximum Gasteiger partial charge on any atom is 0.316 e. The third-order valence-corrected chi connectivity index (χ3v) is 4.25. The van der Waals surface area contributed by atoms with E-state index in [1.807, 2.05) is 0 Å². The Morgan fingerprint density at radius 3 is 2.39 bits per heavy atom. The van der Waals surface area contributed by atoms with Crippen LogP contribution in [0.1, 0.15) is 11.7 Å². The fourth-order valence-corrected chi connectivity index (χ4v) is 3.10. The zero-order valence-corrected chi connectivity index (χ0v) is 12.9. The predicted molar refractivity (Wildman–Crippen MR) is 80.7 cm³/mol. The highest BCUT2D eigenvalue weighted by atomic mass is 32.2. The molecular formula is C12H15N7O3S. The molecule has 0 bridgehead atoms. The highest BCUT2D eigenvalue weighted by Gasteiger charge is 2.27. The van der Waals surface area contributed by atoms with Crippen LogP contribution in [0.25, 0.3) is 11.1 Å². The van der Waals surface area contributed by atoms with E-state index in [0.717, 1.165) is 0 Å². The van der Waals surface area contributed by atoms with Gasteiger partial charge in [0.25, 0.3) is 0 Å². The van der Waals surface area contributed by atoms with Crippen LogP contribution in [0.5, 0.6) is 6.01 Å². The first-order valence-corrected chi connectivity index (χ1v) is 8.08. The Balaban J connectivity index is 2.18. The van der Waals surface area contributed by atoms with Crippen LogP contribution in [0.3, 0.4) is 0 Å². The number of nitrogens with one attached hydrogen (secondary N) is 4. The number of rotatable bonds is 4. The highest BCUT2D eigenvalue weighted by Crippen LogP contribution is 2.32. The molecule has 1 aliphatic rings. The van der Waals surface area contributed by atoms with Gasteiger partial charge in [-0.25, -0.2) is 34.4 Å². The summed E-state index contributed by atoms with van der Waals surface area (Å²) < 4.78 is 28.8. The van der Waals surface area contributed by atoms with Crippen molar-refractivity contribution < 1.29 is 13.2 Å². The Bertz CT molecular complexity index is 804. The number of hydrogen-bond acceptors (Lipinski definition) is 9. The van der Waals surface area contributed by atoms with E-state index in [4.69, 9.17) is 9.88 Å². The Kier molecular flexibility index (Phi) is 4.21. The Hall–Kier alpha value is -2.15. The number of aromatic nitrogens is 2. The van der Waals surface area contributed by atoms with Gasteiger partial charge in [0.2, 0.25) is 10.0 Å². The molecule has 1 aromatic carbocycles. The van der Waals surface area contributed by atoms with E-state index in [0.29, 0.717) is 16.7 Å². The lowest BCUT2D eigenvalue weighted by Gasteiger charge is -2.18. The quantitative estimate of drug-likeness (QED) is 0.470. The molecule has 0 aliphatic carbocycles. The molecule has 10 nitrogen and oxygen atoms in total. The van der Waals surface area contributed by atoms with E-state index >= 15 is 0 Å². The summed E-state index contributed by atoms with van der Waals surface area (Å²) >= 11 is 0. The molecule has 0 atom stereocenters. The lowest BCUT2D eigenvalue weighted by Crippen LogP contribution is -2.33. The Morgan fingerprint density at radius 2 is 1.83 bits per heavy atom. The molecule has 23 heavy (non-hydrogen) atoms. The second kappa shape index (κ2) is 6.16. The fourth-order valence-electron chi connectivity index (χ4n) is 2.30. The zero-order valence-electron chi connectivity index (χ0n) is 12.1. The standard InChI is InChI=1S/C12H15N7O3S/c1-22-12-14-5-7(6-15-12)8-3-2-4-9(23(13,20)21)10(8)11-16-18-19-17-11/h2-6,11,16-19H,1H3,(H2,13,20,21). The summed E-state index contributed by atoms with van der Waals surface area (Å²) in [6.07, 6.45) is 2.57. The highest BCUT2D eigenvalue weighted by molar-refractivity contribution is 7.89. The van der Waals surface area contributed by atoms with Gasteiger partial charge in [-0.15, -0.1) is 0 Å². The molecule has 6 N–H and O–H groups in total. The number of nitrogens with zero attached hydrogens (tertiary/aromatic N) is 2. The monoisotopic (exact) mass is 337 g/mol. The SMILES string of the molecule is COc1ncc(-c2cccc(S(N)(=O)=O)c2C2NNNN2)cn1. The van der Waals surface area contributed by atoms with Crippen LogP contribution in [0, 0.1) is 0 Å². The zero-order chi connectivity index (χ0) is 16.4. The maximum atomic E-state index is 11.9. The van der Waals surface area contributed by atoms with Crippen LogP contribution in [0.15, 0.2) is 35.5 Å². The third-order valence-electron chi connectivity index (χ3n) is 3.28. The number of hydrogen-bond donors (Lipinski definition) is 5. The van der Waals surface area contributed by atoms with Gasteiger partial charge in [-0.1, -0.05) is 12.1 Å². The summed E-state index contributed by atoms with van der Waals surface area (Å²) in [5, 5.41) is 5.34. The first-order chi connectivity index (χ1) is 11.0. The average molecular weight is 337 g/mol. The van der Waals surface area contributed by atoms with E-state index in [-0.39, 0.29) is 10.9 Å². The van der Waals surface area contributed by atoms with Crippen molar-refractivity contribution in [1.82, 2.24) is 31.9 Å². The first kappa shape index (κ1) is 15.7. The van der Waals surface area contributed by atoms with Crippen molar-refractivity contribution in [3.8, 4) is 17.1 Å². The molecule has 11 heteroatoms. The molecule has 1 aliphatic heterocycles. The van der Waals surface area contributed by atoms with Gasteiger partial charge < -0.3 is 4.74 Å². The summed E-state index contributed by atoms with van der Waals surface area (Å²) in [6.45, 7) is 0. The minimum absolute atomic E-state index is 0.00122. The molecule has 1 aromatic heterocycles. The third kappa shape index (κ3) is 3.14. The molecule has 0 saturated carbocycles. The number of methoxy groups -OCH3 is 1. The maximum absolute atomic E-state index is 11.9. The van der Waals surface area contributed by atoms with Crippen LogP contribution < -0.4 is 31.8 Å². The number of ether oxygens (including phenoxy) is 1. The molecule has 0 spiro atoms. The van der Waals surface area contributed by atoms with Gasteiger partial charge in [-0.3, -0.25) is 0 Å². The smallest absolute Gasteiger partial charge is 0.316 e. The number of benzene rings is 1. The molecule has 0 amide bonds. The van der Waals surface area contributed by atoms with Crippen molar-refractivity contribution in [3.05, 3.63) is 36.2 Å². The van der Waals surface area contributed by atoms with Crippen LogP contribution in [-0.4, -0.2) is 25.5 Å². The molecule has 2 heterocycles. The Labute approximate surface area is 132 Å². The van der Waals surface area contributed by atoms with Crippen LogP contribution in [-0.2, 0) is 10.0 Å². The van der Waals surface area contributed by atoms with Gasteiger partial charge >= 0.3 is 6.01 Å². The van der Waals surface area contributed by atoms with Crippen LogP contribution in [0.2, 0.25) is 0 Å². The van der Waals surface area contributed by atoms with Crippen molar-refractivity contribution in [1.29, 1.82) is 0 Å². The molecule has 0 radical (unpaired) electrons. The largest absolute Gasteiger partial charge is 0.467 e. The van der Waals surface area contributed by atoms with Crippen LogP contribution >= 0.6 is 0 Å². The van der Waals surface area contributed by atoms with Gasteiger partial charge in [-0.05, 0) is 11.6 Å². The van der Waals surface area contributed by atoms with Gasteiger partial charge in [0.05, 0.1) is 12.0 Å². The van der Waals surface area contributed by atoms with E-state index in [9.17, 15) is 8.42 Å². The number of sulfonamides is 1. The molecule has 3 rings (SSSR count). The van der Waals surface area contributed by atoms with Gasteiger partial charge in [0, 0.05) is 23.5 Å². The summed E-state index contributed by atoms with van der Waals surface area (Å²) in [5.74, 6) is 0. The summed E-state index contributed by atoms with van der Waals surface area (Å²) in [5.41, 5.74) is 12.7. The molecular weight excluding hydrogens is 322 g/mol. The number of hydrazine groups is 3. The van der Waals surface area contributed by atoms with E-state index in [2.05, 4.69) is 31.9 Å². The van der Waals surface area contributed by atoms with Crippen molar-refractivity contribution >= 4 is 10.0 Å². The minimum Gasteiger partial charge on any atom is -0.467 e. The van der Waals surface area contributed by atoms with Crippen molar-refractivity contribution in [2.24, 2.45) is 5.14 Å². The van der Waals surface area contributed by atoms with Crippen LogP contribution in [0.4, 0.5) is 0 Å². The lowest BCUT2D eigenvalue weighted by molar-refractivity contribution is 0.380. The van der Waals surface area contributed by atoms with Gasteiger partial charge in [0.15, 0.2) is 0 Å². The second-order valence-corrected chi connectivity index (χ2v) is 6.22. The number of nitrogens with two attached hydrogens (primary N) is 1. The lowest BCUT2D eigenvalue weighted by atomic mass is 10.0. The van der Waals surface area contributed by atoms with Crippen molar-refractivity contribution in [2.75, 3.05) is 7.11 Å². The normalized spacial score (nSPS) is 15.7. The van der Waals surface area contributed by atoms with Crippen molar-refractivity contribution in [2.45, 2.75) is 11.1 Å². The number of primary sulfonamides is 1. The van der Waals surface area contributed by atoms with E-state index < -0.39 is 16.2 Å². The van der Waals surface area contributed by atoms with E-state index in [1.54, 1.807) is 24.5 Å². The molecule has 122 valence electrons. The molecule has 0 unspecified atom stereocenters. The minimum atomic E-state index is -3.92. The first-order valence-electron chi connectivity index (χ1n) is 6.54. The predicted octanol–water partition coefficient (Wildman–Crippen LogP) is -1.08.